The second kappa shape index (κ2) is 6.36. The van der Waals surface area contributed by atoms with Gasteiger partial charge < -0.3 is 10.1 Å². The van der Waals surface area contributed by atoms with Gasteiger partial charge in [-0.1, -0.05) is 0 Å². The molecule has 0 amide bonds. The molecule has 0 spiro atoms. The van der Waals surface area contributed by atoms with Crippen molar-refractivity contribution in [2.75, 3.05) is 7.11 Å². The minimum atomic E-state index is -0.419. The molecular weight excluding hydrogens is 272 g/mol. The second-order valence-electron chi connectivity index (χ2n) is 4.78. The van der Waals surface area contributed by atoms with Crippen LogP contribution in [-0.4, -0.2) is 21.8 Å². The lowest BCUT2D eigenvalue weighted by molar-refractivity contribution is -0.385. The molecule has 0 aliphatic carbocycles. The van der Waals surface area contributed by atoms with Crippen LogP contribution in [0.5, 0.6) is 5.75 Å². The normalized spacial score (nSPS) is 10.6. The number of nitro benzene ring substituents is 1. The number of rotatable bonds is 6. The highest BCUT2D eigenvalue weighted by atomic mass is 16.6. The Labute approximate surface area is 122 Å². The van der Waals surface area contributed by atoms with E-state index >= 15 is 0 Å². The van der Waals surface area contributed by atoms with Crippen LogP contribution < -0.4 is 10.1 Å². The van der Waals surface area contributed by atoms with Gasteiger partial charge in [-0.2, -0.15) is 5.10 Å². The molecule has 0 radical (unpaired) electrons. The number of nitrogens with zero attached hydrogens (tertiary/aromatic N) is 3. The first-order chi connectivity index (χ1) is 10.0. The van der Waals surface area contributed by atoms with E-state index in [1.807, 2.05) is 24.9 Å². The molecule has 0 saturated heterocycles. The van der Waals surface area contributed by atoms with E-state index < -0.39 is 4.92 Å². The van der Waals surface area contributed by atoms with Crippen molar-refractivity contribution in [2.24, 2.45) is 7.05 Å². The third kappa shape index (κ3) is 3.57. The maximum absolute atomic E-state index is 10.9. The van der Waals surface area contributed by atoms with E-state index in [0.29, 0.717) is 18.8 Å². The van der Waals surface area contributed by atoms with Crippen molar-refractivity contribution in [3.63, 3.8) is 0 Å². The quantitative estimate of drug-likeness (QED) is 0.649. The van der Waals surface area contributed by atoms with Crippen molar-refractivity contribution >= 4 is 5.69 Å². The number of methoxy groups -OCH3 is 1. The highest BCUT2D eigenvalue weighted by Crippen LogP contribution is 2.22. The number of ether oxygens (including phenoxy) is 1. The van der Waals surface area contributed by atoms with E-state index in [-0.39, 0.29) is 5.69 Å². The molecular formula is C14H18N4O3. The van der Waals surface area contributed by atoms with Crippen LogP contribution in [0.2, 0.25) is 0 Å². The van der Waals surface area contributed by atoms with Crippen LogP contribution in [0.15, 0.2) is 24.4 Å². The van der Waals surface area contributed by atoms with Gasteiger partial charge in [-0.15, -0.1) is 0 Å². The first kappa shape index (κ1) is 15.0. The van der Waals surface area contributed by atoms with E-state index in [9.17, 15) is 10.1 Å². The van der Waals surface area contributed by atoms with E-state index in [4.69, 9.17) is 4.74 Å². The number of hydrogen-bond acceptors (Lipinski definition) is 5. The van der Waals surface area contributed by atoms with Crippen molar-refractivity contribution in [1.29, 1.82) is 0 Å². The van der Waals surface area contributed by atoms with Gasteiger partial charge in [0.25, 0.3) is 5.69 Å². The predicted molar refractivity (Wildman–Crippen MR) is 78.1 cm³/mol. The van der Waals surface area contributed by atoms with Gasteiger partial charge >= 0.3 is 0 Å². The van der Waals surface area contributed by atoms with Gasteiger partial charge in [0.15, 0.2) is 0 Å². The average molecular weight is 290 g/mol. The third-order valence-electron chi connectivity index (χ3n) is 3.38. The maximum atomic E-state index is 10.9. The minimum absolute atomic E-state index is 0.0312. The molecule has 1 aromatic carbocycles. The maximum Gasteiger partial charge on any atom is 0.273 e. The largest absolute Gasteiger partial charge is 0.496 e. The lowest BCUT2D eigenvalue weighted by atomic mass is 10.2. The summed E-state index contributed by atoms with van der Waals surface area (Å²) in [6, 6.07) is 4.75. The molecule has 0 aliphatic heterocycles. The molecule has 0 bridgehead atoms. The van der Waals surface area contributed by atoms with Crippen LogP contribution in [0.3, 0.4) is 0 Å². The summed E-state index contributed by atoms with van der Waals surface area (Å²) in [7, 11) is 3.39. The Morgan fingerprint density at radius 1 is 1.38 bits per heavy atom. The lowest BCUT2D eigenvalue weighted by Crippen LogP contribution is -2.13. The Morgan fingerprint density at radius 3 is 2.71 bits per heavy atom. The number of aryl methyl sites for hydroxylation is 1. The topological polar surface area (TPSA) is 82.2 Å². The summed E-state index contributed by atoms with van der Waals surface area (Å²) in [6.07, 6.45) is 1.82. The minimum Gasteiger partial charge on any atom is -0.496 e. The summed E-state index contributed by atoms with van der Waals surface area (Å²) in [5, 5.41) is 18.3. The number of hydrogen-bond donors (Lipinski definition) is 1. The zero-order valence-corrected chi connectivity index (χ0v) is 12.3. The Morgan fingerprint density at radius 2 is 2.14 bits per heavy atom. The van der Waals surface area contributed by atoms with Crippen LogP contribution >= 0.6 is 0 Å². The fourth-order valence-electron chi connectivity index (χ4n) is 2.03. The third-order valence-corrected chi connectivity index (χ3v) is 3.38. The van der Waals surface area contributed by atoms with Gasteiger partial charge in [-0.25, -0.2) is 0 Å². The molecule has 0 aliphatic rings. The summed E-state index contributed by atoms with van der Waals surface area (Å²) < 4.78 is 6.90. The Bertz CT molecular complexity index is 652. The first-order valence-electron chi connectivity index (χ1n) is 6.52. The van der Waals surface area contributed by atoms with Gasteiger partial charge in [0.2, 0.25) is 0 Å². The number of non-ortho nitro benzene ring substituents is 1. The molecule has 1 N–H and O–H groups in total. The average Bonchev–Trinajstić information content (AvgIpc) is 2.79. The second-order valence-corrected chi connectivity index (χ2v) is 4.78. The first-order valence-corrected chi connectivity index (χ1v) is 6.52. The van der Waals surface area contributed by atoms with Crippen LogP contribution in [0.4, 0.5) is 5.69 Å². The number of benzene rings is 1. The van der Waals surface area contributed by atoms with Crippen molar-refractivity contribution < 1.29 is 9.66 Å². The van der Waals surface area contributed by atoms with Crippen molar-refractivity contribution in [2.45, 2.75) is 20.0 Å². The SMILES string of the molecule is COc1cc(CNCc2cnn(C)c2C)cc([N+](=O)[O-])c1. The molecule has 7 heteroatoms. The van der Waals surface area contributed by atoms with Gasteiger partial charge in [-0.3, -0.25) is 14.8 Å². The van der Waals surface area contributed by atoms with Gasteiger partial charge in [0.05, 0.1) is 24.3 Å². The Kier molecular flexibility index (Phi) is 4.54. The van der Waals surface area contributed by atoms with E-state index in [1.165, 1.54) is 13.2 Å². The van der Waals surface area contributed by atoms with Gasteiger partial charge in [0, 0.05) is 37.5 Å². The predicted octanol–water partition coefficient (Wildman–Crippen LogP) is 1.94. The van der Waals surface area contributed by atoms with Crippen molar-refractivity contribution in [1.82, 2.24) is 15.1 Å². The van der Waals surface area contributed by atoms with E-state index in [2.05, 4.69) is 10.4 Å². The molecule has 112 valence electrons. The Balaban J connectivity index is 2.04. The molecule has 1 aromatic heterocycles. The molecule has 1 heterocycles. The highest BCUT2D eigenvalue weighted by molar-refractivity contribution is 5.42. The standard InChI is InChI=1S/C14H18N4O3/c1-10-12(9-16-17(10)2)8-15-7-11-4-13(18(19)20)6-14(5-11)21-3/h4-6,9,15H,7-8H2,1-3H3. The summed E-state index contributed by atoms with van der Waals surface area (Å²) in [5.41, 5.74) is 3.04. The fraction of sp³-hybridized carbons (Fsp3) is 0.357. The smallest absolute Gasteiger partial charge is 0.273 e. The van der Waals surface area contributed by atoms with Crippen LogP contribution in [0.1, 0.15) is 16.8 Å². The van der Waals surface area contributed by atoms with Crippen molar-refractivity contribution in [3.05, 3.63) is 51.3 Å². The lowest BCUT2D eigenvalue weighted by Gasteiger charge is -2.07. The molecule has 21 heavy (non-hydrogen) atoms. The van der Waals surface area contributed by atoms with E-state index in [1.54, 1.807) is 12.1 Å². The molecule has 0 saturated carbocycles. The highest BCUT2D eigenvalue weighted by Gasteiger charge is 2.10. The van der Waals surface area contributed by atoms with E-state index in [0.717, 1.165) is 16.8 Å². The molecule has 2 aromatic rings. The number of nitrogens with one attached hydrogen (secondary N) is 1. The molecule has 0 fully saturated rings. The summed E-state index contributed by atoms with van der Waals surface area (Å²) in [4.78, 5) is 10.5. The number of aromatic nitrogens is 2. The summed E-state index contributed by atoms with van der Waals surface area (Å²) in [5.74, 6) is 0.485. The van der Waals surface area contributed by atoms with Gasteiger partial charge in [-0.05, 0) is 18.6 Å². The van der Waals surface area contributed by atoms with Crippen molar-refractivity contribution in [3.8, 4) is 5.75 Å². The zero-order chi connectivity index (χ0) is 15.4. The fourth-order valence-corrected chi connectivity index (χ4v) is 2.03. The molecule has 7 nitrogen and oxygen atoms in total. The summed E-state index contributed by atoms with van der Waals surface area (Å²) in [6.45, 7) is 3.18. The Hall–Kier alpha value is -2.41. The zero-order valence-electron chi connectivity index (χ0n) is 12.3. The van der Waals surface area contributed by atoms with Gasteiger partial charge in [0.1, 0.15) is 5.75 Å². The molecule has 0 atom stereocenters. The molecule has 2 rings (SSSR count). The van der Waals surface area contributed by atoms with Crippen LogP contribution in [-0.2, 0) is 20.1 Å². The number of nitro groups is 1. The van der Waals surface area contributed by atoms with Crippen LogP contribution in [0.25, 0.3) is 0 Å². The monoisotopic (exact) mass is 290 g/mol. The summed E-state index contributed by atoms with van der Waals surface area (Å²) >= 11 is 0. The van der Waals surface area contributed by atoms with Crippen LogP contribution in [0, 0.1) is 17.0 Å². The molecule has 0 unspecified atom stereocenters.